The van der Waals surface area contributed by atoms with Gasteiger partial charge in [-0.2, -0.15) is 0 Å². The van der Waals surface area contributed by atoms with Crippen molar-refractivity contribution in [3.05, 3.63) is 125 Å². The van der Waals surface area contributed by atoms with Gasteiger partial charge in [0.1, 0.15) is 0 Å². The van der Waals surface area contributed by atoms with Crippen LogP contribution in [0.5, 0.6) is 0 Å². The predicted molar refractivity (Wildman–Crippen MR) is 151 cm³/mol. The number of pyridine rings is 3. The van der Waals surface area contributed by atoms with E-state index in [0.717, 1.165) is 28.2 Å². The first-order chi connectivity index (χ1) is 17.8. The first-order valence-corrected chi connectivity index (χ1v) is 12.6. The molecule has 38 heavy (non-hydrogen) atoms. The average molecular weight is 674 g/mol. The molecule has 0 aliphatic heterocycles. The Bertz CT molecular complexity index is 1590. The predicted octanol–water partition coefficient (Wildman–Crippen LogP) is 8.03. The normalized spacial score (nSPS) is 12.5. The first-order valence-electron chi connectivity index (χ1n) is 12.6. The summed E-state index contributed by atoms with van der Waals surface area (Å²) in [6.07, 6.45) is 5.68. The molecule has 1 radical (unpaired) electrons. The van der Waals surface area contributed by atoms with Crippen molar-refractivity contribution in [2.45, 2.75) is 47.0 Å². The van der Waals surface area contributed by atoms with E-state index in [4.69, 9.17) is 0 Å². The zero-order valence-electron chi connectivity index (χ0n) is 22.7. The molecule has 5 aromatic rings. The molecule has 3 aromatic heterocycles. The second kappa shape index (κ2) is 11.1. The quantitative estimate of drug-likeness (QED) is 0.178. The van der Waals surface area contributed by atoms with Crippen LogP contribution in [0.4, 0.5) is 0 Å². The van der Waals surface area contributed by atoms with Crippen LogP contribution in [-0.2, 0) is 25.5 Å². The number of aromatic nitrogens is 3. The zero-order valence-corrected chi connectivity index (χ0v) is 25.1. The topological polar surface area (TPSA) is 38.7 Å². The Labute approximate surface area is 239 Å². The van der Waals surface area contributed by atoms with E-state index >= 15 is 0 Å². The van der Waals surface area contributed by atoms with E-state index in [0.29, 0.717) is 0 Å². The minimum atomic E-state index is -0.000268. The van der Waals surface area contributed by atoms with Gasteiger partial charge in [0, 0.05) is 43.5 Å². The Balaban J connectivity index is 0.000000185. The van der Waals surface area contributed by atoms with Crippen LogP contribution in [-0.4, -0.2) is 15.0 Å². The molecule has 1 aliphatic carbocycles. The van der Waals surface area contributed by atoms with Gasteiger partial charge in [-0.05, 0) is 53.2 Å². The summed E-state index contributed by atoms with van der Waals surface area (Å²) < 4.78 is 0. The van der Waals surface area contributed by atoms with Crippen LogP contribution in [0.3, 0.4) is 0 Å². The SMILES string of the molecule is Cc1c[c-]c(-c2cc(C)c(C)cn2)cc1.Cc1ncc[c-]c1-c1cc2c(cn1)-c1ccccc1C2(C)C.[Ir]. The van der Waals surface area contributed by atoms with Gasteiger partial charge < -0.3 is 15.0 Å². The van der Waals surface area contributed by atoms with Crippen LogP contribution in [0.2, 0.25) is 0 Å². The molecule has 3 nitrogen and oxygen atoms in total. The van der Waals surface area contributed by atoms with Gasteiger partial charge in [0.05, 0.1) is 0 Å². The maximum Gasteiger partial charge on any atom is 0.0242 e. The summed E-state index contributed by atoms with van der Waals surface area (Å²) >= 11 is 0. The van der Waals surface area contributed by atoms with Crippen LogP contribution in [0.25, 0.3) is 33.6 Å². The van der Waals surface area contributed by atoms with Crippen molar-refractivity contribution in [2.24, 2.45) is 0 Å². The molecule has 3 heterocycles. The Morgan fingerprint density at radius 2 is 1.47 bits per heavy atom. The van der Waals surface area contributed by atoms with Gasteiger partial charge in [-0.3, -0.25) is 0 Å². The van der Waals surface area contributed by atoms with Crippen LogP contribution in [0.1, 0.15) is 47.4 Å². The van der Waals surface area contributed by atoms with Gasteiger partial charge in [-0.1, -0.05) is 75.9 Å². The van der Waals surface area contributed by atoms with Crippen LogP contribution >= 0.6 is 0 Å². The Hall–Kier alpha value is -3.46. The Morgan fingerprint density at radius 1 is 0.711 bits per heavy atom. The van der Waals surface area contributed by atoms with E-state index in [-0.39, 0.29) is 25.5 Å². The van der Waals surface area contributed by atoms with E-state index in [1.807, 2.05) is 31.5 Å². The molecule has 6 rings (SSSR count). The summed E-state index contributed by atoms with van der Waals surface area (Å²) in [5.41, 5.74) is 13.9. The summed E-state index contributed by atoms with van der Waals surface area (Å²) in [6.45, 7) is 12.8. The van der Waals surface area contributed by atoms with Crippen molar-refractivity contribution in [1.29, 1.82) is 0 Å². The van der Waals surface area contributed by atoms with E-state index < -0.39 is 0 Å². The molecular formula is C34H31IrN3-2. The van der Waals surface area contributed by atoms with E-state index in [1.54, 1.807) is 6.20 Å². The summed E-state index contributed by atoms with van der Waals surface area (Å²) in [7, 11) is 0. The largest absolute Gasteiger partial charge is 0.357 e. The fourth-order valence-electron chi connectivity index (χ4n) is 4.86. The summed E-state index contributed by atoms with van der Waals surface area (Å²) in [6, 6.07) is 27.4. The van der Waals surface area contributed by atoms with Crippen molar-refractivity contribution in [3.63, 3.8) is 0 Å². The van der Waals surface area contributed by atoms with Gasteiger partial charge in [-0.15, -0.1) is 53.1 Å². The van der Waals surface area contributed by atoms with E-state index in [2.05, 4.69) is 110 Å². The van der Waals surface area contributed by atoms with Crippen molar-refractivity contribution >= 4 is 0 Å². The fraction of sp³-hybridized carbons (Fsp3) is 0.206. The summed E-state index contributed by atoms with van der Waals surface area (Å²) in [5, 5.41) is 0. The molecule has 0 fully saturated rings. The van der Waals surface area contributed by atoms with Crippen LogP contribution in [0.15, 0.2) is 79.3 Å². The van der Waals surface area contributed by atoms with Crippen LogP contribution in [0, 0.1) is 39.8 Å². The third kappa shape index (κ3) is 5.25. The van der Waals surface area contributed by atoms with Crippen molar-refractivity contribution < 1.29 is 20.1 Å². The van der Waals surface area contributed by atoms with Crippen molar-refractivity contribution in [2.75, 3.05) is 0 Å². The molecule has 0 atom stereocenters. The van der Waals surface area contributed by atoms with Gasteiger partial charge in [0.15, 0.2) is 0 Å². The van der Waals surface area contributed by atoms with Gasteiger partial charge in [0.2, 0.25) is 0 Å². The molecule has 4 heteroatoms. The molecule has 1 aliphatic rings. The fourth-order valence-corrected chi connectivity index (χ4v) is 4.86. The molecule has 0 unspecified atom stereocenters. The number of rotatable bonds is 2. The van der Waals surface area contributed by atoms with E-state index in [9.17, 15) is 0 Å². The van der Waals surface area contributed by atoms with Crippen molar-refractivity contribution in [3.8, 4) is 33.6 Å². The molecule has 193 valence electrons. The smallest absolute Gasteiger partial charge is 0.0242 e. The molecule has 0 bridgehead atoms. The number of nitrogens with zero attached hydrogens (tertiary/aromatic N) is 3. The van der Waals surface area contributed by atoms with Crippen LogP contribution < -0.4 is 0 Å². The second-order valence-electron chi connectivity index (χ2n) is 10.3. The van der Waals surface area contributed by atoms with Gasteiger partial charge in [-0.25, -0.2) is 0 Å². The molecule has 0 amide bonds. The molecule has 0 spiro atoms. The molecule has 0 N–H and O–H groups in total. The zero-order chi connectivity index (χ0) is 26.2. The maximum absolute atomic E-state index is 4.67. The molecule has 0 saturated heterocycles. The third-order valence-corrected chi connectivity index (χ3v) is 7.27. The first kappa shape index (κ1) is 27.6. The Morgan fingerprint density at radius 3 is 2.18 bits per heavy atom. The standard InChI is InChI=1S/C20H17N2.C14H14N.Ir/c1-13-14(8-6-10-21-13)19-11-18-16(12-22-19)15-7-4-5-9-17(15)20(18,2)3;1-10-4-6-13(7-5-10)14-8-11(2)12(3)9-15-14;/h4-7,9-12H,1-3H3;4-6,8-9H,1-3H3;/q2*-1;. The molecule has 0 saturated carbocycles. The molecular weight excluding hydrogens is 643 g/mol. The maximum atomic E-state index is 4.67. The number of aryl methyl sites for hydroxylation is 4. The molecule has 2 aromatic carbocycles. The minimum absolute atomic E-state index is 0. The Kier molecular flexibility index (Phi) is 8.06. The number of benzene rings is 2. The van der Waals surface area contributed by atoms with E-state index in [1.165, 1.54) is 38.9 Å². The van der Waals surface area contributed by atoms with Gasteiger partial charge >= 0.3 is 0 Å². The third-order valence-electron chi connectivity index (χ3n) is 7.27. The summed E-state index contributed by atoms with van der Waals surface area (Å²) in [5.74, 6) is 0. The number of hydrogen-bond donors (Lipinski definition) is 0. The number of fused-ring (bicyclic) bond motifs is 3. The van der Waals surface area contributed by atoms with Gasteiger partial charge in [0.25, 0.3) is 0 Å². The average Bonchev–Trinajstić information content (AvgIpc) is 3.13. The number of hydrogen-bond acceptors (Lipinski definition) is 3. The van der Waals surface area contributed by atoms with Crippen molar-refractivity contribution in [1.82, 2.24) is 15.0 Å². The monoisotopic (exact) mass is 674 g/mol. The minimum Gasteiger partial charge on any atom is -0.357 e. The second-order valence-corrected chi connectivity index (χ2v) is 10.3. The summed E-state index contributed by atoms with van der Waals surface area (Å²) in [4.78, 5) is 13.4.